The van der Waals surface area contributed by atoms with Crippen LogP contribution in [0.5, 0.6) is 0 Å². The van der Waals surface area contributed by atoms with E-state index < -0.39 is 0 Å². The topological polar surface area (TPSA) is 53.1 Å². The SMILES string of the molecule is O=c1[nH]ccc2c(CO)cc3ccc(Br)cc3c12. The number of H-pyrrole nitrogens is 1. The van der Waals surface area contributed by atoms with Crippen molar-refractivity contribution in [3.8, 4) is 0 Å². The van der Waals surface area contributed by atoms with Crippen molar-refractivity contribution in [2.24, 2.45) is 0 Å². The van der Waals surface area contributed by atoms with Crippen molar-refractivity contribution >= 4 is 37.5 Å². The maximum atomic E-state index is 12.0. The van der Waals surface area contributed by atoms with Gasteiger partial charge in [0.1, 0.15) is 0 Å². The highest BCUT2D eigenvalue weighted by molar-refractivity contribution is 9.10. The second-order valence-electron chi connectivity index (χ2n) is 4.15. The van der Waals surface area contributed by atoms with Gasteiger partial charge >= 0.3 is 0 Å². The van der Waals surface area contributed by atoms with Gasteiger partial charge in [-0.2, -0.15) is 0 Å². The number of pyridine rings is 1. The summed E-state index contributed by atoms with van der Waals surface area (Å²) in [6, 6.07) is 9.52. The largest absolute Gasteiger partial charge is 0.392 e. The molecule has 3 rings (SSSR count). The van der Waals surface area contributed by atoms with Crippen molar-refractivity contribution in [3.05, 3.63) is 56.9 Å². The molecule has 2 N–H and O–H groups in total. The van der Waals surface area contributed by atoms with Gasteiger partial charge in [0, 0.05) is 10.7 Å². The van der Waals surface area contributed by atoms with Crippen molar-refractivity contribution in [1.29, 1.82) is 0 Å². The third-order valence-corrected chi connectivity index (χ3v) is 3.58. The van der Waals surface area contributed by atoms with Crippen LogP contribution in [0.2, 0.25) is 0 Å². The van der Waals surface area contributed by atoms with Gasteiger partial charge in [-0.15, -0.1) is 0 Å². The molecular weight excluding hydrogens is 294 g/mol. The number of nitrogens with one attached hydrogen (secondary N) is 1. The van der Waals surface area contributed by atoms with E-state index in [1.807, 2.05) is 30.3 Å². The van der Waals surface area contributed by atoms with E-state index in [-0.39, 0.29) is 12.2 Å². The van der Waals surface area contributed by atoms with Crippen LogP contribution in [0.15, 0.2) is 45.8 Å². The van der Waals surface area contributed by atoms with Gasteiger partial charge in [0.2, 0.25) is 0 Å². The first-order valence-electron chi connectivity index (χ1n) is 5.54. The molecule has 0 saturated carbocycles. The molecular formula is C14H10BrNO2. The number of aromatic nitrogens is 1. The molecule has 2 aromatic carbocycles. The summed E-state index contributed by atoms with van der Waals surface area (Å²) in [5.41, 5.74) is 0.636. The summed E-state index contributed by atoms with van der Waals surface area (Å²) in [5.74, 6) is 0. The van der Waals surface area contributed by atoms with E-state index in [2.05, 4.69) is 20.9 Å². The third kappa shape index (κ3) is 1.65. The van der Waals surface area contributed by atoms with Crippen LogP contribution < -0.4 is 5.56 Å². The van der Waals surface area contributed by atoms with E-state index in [1.54, 1.807) is 6.20 Å². The van der Waals surface area contributed by atoms with E-state index in [0.717, 1.165) is 26.2 Å². The number of aliphatic hydroxyl groups excluding tert-OH is 1. The zero-order valence-electron chi connectivity index (χ0n) is 9.40. The second kappa shape index (κ2) is 4.23. The van der Waals surface area contributed by atoms with Crippen molar-refractivity contribution in [3.63, 3.8) is 0 Å². The molecule has 3 nitrogen and oxygen atoms in total. The molecule has 0 bridgehead atoms. The highest BCUT2D eigenvalue weighted by atomic mass is 79.9. The number of hydrogen-bond acceptors (Lipinski definition) is 2. The Morgan fingerprint density at radius 1 is 1.17 bits per heavy atom. The molecule has 0 saturated heterocycles. The van der Waals surface area contributed by atoms with Crippen LogP contribution in [-0.2, 0) is 6.61 Å². The molecule has 0 amide bonds. The quantitative estimate of drug-likeness (QED) is 0.679. The van der Waals surface area contributed by atoms with Gasteiger partial charge in [-0.25, -0.2) is 0 Å². The van der Waals surface area contributed by atoms with Gasteiger partial charge in [-0.05, 0) is 46.0 Å². The number of rotatable bonds is 1. The molecule has 1 heterocycles. The maximum absolute atomic E-state index is 12.0. The molecule has 0 unspecified atom stereocenters. The Kier molecular flexibility index (Phi) is 2.69. The van der Waals surface area contributed by atoms with E-state index in [0.29, 0.717) is 5.39 Å². The zero-order valence-corrected chi connectivity index (χ0v) is 11.0. The summed E-state index contributed by atoms with van der Waals surface area (Å²) in [5, 5.41) is 12.7. The van der Waals surface area contributed by atoms with Gasteiger partial charge < -0.3 is 10.1 Å². The van der Waals surface area contributed by atoms with E-state index >= 15 is 0 Å². The second-order valence-corrected chi connectivity index (χ2v) is 5.07. The lowest BCUT2D eigenvalue weighted by Gasteiger charge is -2.08. The first kappa shape index (κ1) is 11.4. The van der Waals surface area contributed by atoms with Crippen LogP contribution in [0.4, 0.5) is 0 Å². The summed E-state index contributed by atoms with van der Waals surface area (Å²) < 4.78 is 0.927. The Labute approximate surface area is 111 Å². The van der Waals surface area contributed by atoms with Crippen molar-refractivity contribution in [2.45, 2.75) is 6.61 Å². The smallest absolute Gasteiger partial charge is 0.256 e. The summed E-state index contributed by atoms with van der Waals surface area (Å²) in [6.07, 6.45) is 1.60. The highest BCUT2D eigenvalue weighted by Crippen LogP contribution is 2.28. The monoisotopic (exact) mass is 303 g/mol. The normalized spacial score (nSPS) is 11.2. The Morgan fingerprint density at radius 2 is 2.00 bits per heavy atom. The number of aliphatic hydroxyl groups is 1. The fourth-order valence-corrected chi connectivity index (χ4v) is 2.64. The van der Waals surface area contributed by atoms with Gasteiger partial charge in [-0.3, -0.25) is 4.79 Å². The molecule has 3 aromatic rings. The van der Waals surface area contributed by atoms with Crippen LogP contribution in [0.3, 0.4) is 0 Å². The van der Waals surface area contributed by atoms with Crippen LogP contribution in [0.25, 0.3) is 21.5 Å². The fraction of sp³-hybridized carbons (Fsp3) is 0.0714. The van der Waals surface area contributed by atoms with Gasteiger partial charge in [0.15, 0.2) is 0 Å². The minimum atomic E-state index is -0.133. The molecule has 0 aliphatic carbocycles. The number of benzene rings is 2. The van der Waals surface area contributed by atoms with Crippen LogP contribution in [0.1, 0.15) is 5.56 Å². The van der Waals surface area contributed by atoms with Crippen LogP contribution >= 0.6 is 15.9 Å². The number of aromatic amines is 1. The molecule has 4 heteroatoms. The minimum absolute atomic E-state index is 0.0774. The molecule has 0 fully saturated rings. The fourth-order valence-electron chi connectivity index (χ4n) is 2.28. The lowest BCUT2D eigenvalue weighted by atomic mass is 9.99. The molecule has 0 atom stereocenters. The Morgan fingerprint density at radius 3 is 2.78 bits per heavy atom. The highest BCUT2D eigenvalue weighted by Gasteiger charge is 2.09. The predicted octanol–water partition coefficient (Wildman–Crippen LogP) is 2.94. The summed E-state index contributed by atoms with van der Waals surface area (Å²) >= 11 is 3.42. The maximum Gasteiger partial charge on any atom is 0.256 e. The van der Waals surface area contributed by atoms with Crippen molar-refractivity contribution in [2.75, 3.05) is 0 Å². The molecule has 0 radical (unpaired) electrons. The van der Waals surface area contributed by atoms with Crippen molar-refractivity contribution in [1.82, 2.24) is 4.98 Å². The molecule has 0 spiro atoms. The first-order valence-corrected chi connectivity index (χ1v) is 6.33. The van der Waals surface area contributed by atoms with Crippen molar-refractivity contribution < 1.29 is 5.11 Å². The number of halogens is 1. The lowest BCUT2D eigenvalue weighted by Crippen LogP contribution is -2.06. The zero-order chi connectivity index (χ0) is 12.7. The molecule has 1 aromatic heterocycles. The summed E-state index contributed by atoms with van der Waals surface area (Å²) in [6.45, 7) is -0.0774. The molecule has 90 valence electrons. The number of fused-ring (bicyclic) bond motifs is 3. The van der Waals surface area contributed by atoms with Crippen LogP contribution in [0, 0.1) is 0 Å². The average Bonchev–Trinajstić information content (AvgIpc) is 2.38. The molecule has 0 aliphatic heterocycles. The first-order chi connectivity index (χ1) is 8.70. The Balaban J connectivity index is 2.65. The minimum Gasteiger partial charge on any atom is -0.392 e. The lowest BCUT2D eigenvalue weighted by molar-refractivity contribution is 0.283. The predicted molar refractivity (Wildman–Crippen MR) is 75.7 cm³/mol. The van der Waals surface area contributed by atoms with Gasteiger partial charge in [0.05, 0.1) is 12.0 Å². The third-order valence-electron chi connectivity index (χ3n) is 3.09. The van der Waals surface area contributed by atoms with E-state index in [4.69, 9.17) is 0 Å². The van der Waals surface area contributed by atoms with E-state index in [1.165, 1.54) is 0 Å². The summed E-state index contributed by atoms with van der Waals surface area (Å²) in [4.78, 5) is 14.7. The molecule has 0 aliphatic rings. The number of hydrogen-bond donors (Lipinski definition) is 2. The van der Waals surface area contributed by atoms with E-state index in [9.17, 15) is 9.90 Å². The molecule has 18 heavy (non-hydrogen) atoms. The van der Waals surface area contributed by atoms with Gasteiger partial charge in [-0.1, -0.05) is 22.0 Å². The average molecular weight is 304 g/mol. The van der Waals surface area contributed by atoms with Crippen LogP contribution in [-0.4, -0.2) is 10.1 Å². The standard InChI is InChI=1S/C14H10BrNO2/c15-10-2-1-8-5-9(7-17)11-3-4-16-14(18)13(11)12(8)6-10/h1-6,17H,7H2,(H,16,18). The summed E-state index contributed by atoms with van der Waals surface area (Å²) in [7, 11) is 0. The van der Waals surface area contributed by atoms with Gasteiger partial charge in [0.25, 0.3) is 5.56 Å². The Hall–Kier alpha value is -1.65. The Bertz CT molecular complexity index is 808.